The molecule has 2 heterocycles. The van der Waals surface area contributed by atoms with Crippen LogP contribution >= 0.6 is 23.2 Å². The zero-order chi connectivity index (χ0) is 15.9. The maximum Gasteiger partial charge on any atom is 0.251 e. The minimum atomic E-state index is -0.0954. The number of likely N-dealkylation sites (N-methyl/N-ethyl adjacent to an activating group) is 1. The quantitative estimate of drug-likeness (QED) is 0.897. The Morgan fingerprint density at radius 1 is 1.23 bits per heavy atom. The van der Waals surface area contributed by atoms with Crippen LogP contribution in [0.5, 0.6) is 0 Å². The second kappa shape index (κ2) is 6.36. The van der Waals surface area contributed by atoms with Gasteiger partial charge in [-0.05, 0) is 38.1 Å². The number of halogens is 2. The fourth-order valence-corrected chi connectivity index (χ4v) is 3.84. The smallest absolute Gasteiger partial charge is 0.251 e. The first-order valence-corrected chi connectivity index (χ1v) is 8.38. The van der Waals surface area contributed by atoms with E-state index in [9.17, 15) is 4.79 Å². The van der Waals surface area contributed by atoms with E-state index < -0.39 is 0 Å². The van der Waals surface area contributed by atoms with Crippen LogP contribution in [0, 0.1) is 6.92 Å². The summed E-state index contributed by atoms with van der Waals surface area (Å²) in [7, 11) is 2.15. The maximum absolute atomic E-state index is 12.4. The molecule has 6 heteroatoms. The molecular weight excluding hydrogens is 321 g/mol. The molecule has 0 saturated carbocycles. The number of carbonyl (C=O) groups excluding carboxylic acids is 1. The highest BCUT2D eigenvalue weighted by Gasteiger charge is 2.35. The third-order valence-electron chi connectivity index (χ3n) is 4.70. The average molecular weight is 342 g/mol. The Balaban J connectivity index is 1.65. The van der Waals surface area contributed by atoms with Crippen molar-refractivity contribution in [2.75, 3.05) is 33.2 Å². The predicted octanol–water partition coefficient (Wildman–Crippen LogP) is 2.42. The van der Waals surface area contributed by atoms with Crippen LogP contribution in [-0.2, 0) is 0 Å². The van der Waals surface area contributed by atoms with E-state index in [2.05, 4.69) is 22.2 Å². The summed E-state index contributed by atoms with van der Waals surface area (Å²) in [6.07, 6.45) is 1.00. The molecule has 1 amide bonds. The van der Waals surface area contributed by atoms with Gasteiger partial charge in [-0.3, -0.25) is 9.69 Å². The lowest BCUT2D eigenvalue weighted by Crippen LogP contribution is -2.48. The number of nitrogens with one attached hydrogen (secondary N) is 1. The van der Waals surface area contributed by atoms with E-state index in [1.165, 1.54) is 0 Å². The molecule has 3 rings (SSSR count). The van der Waals surface area contributed by atoms with Gasteiger partial charge >= 0.3 is 0 Å². The summed E-state index contributed by atoms with van der Waals surface area (Å²) in [6.45, 7) is 6.03. The number of piperazine rings is 1. The first-order valence-electron chi connectivity index (χ1n) is 7.63. The van der Waals surface area contributed by atoms with Crippen molar-refractivity contribution < 1.29 is 4.79 Å². The summed E-state index contributed by atoms with van der Waals surface area (Å²) in [5.41, 5.74) is 1.34. The predicted molar refractivity (Wildman–Crippen MR) is 89.9 cm³/mol. The van der Waals surface area contributed by atoms with Crippen molar-refractivity contribution in [3.63, 3.8) is 0 Å². The first-order chi connectivity index (χ1) is 10.4. The molecule has 1 aromatic carbocycles. The van der Waals surface area contributed by atoms with Crippen molar-refractivity contribution in [3.05, 3.63) is 33.3 Å². The normalized spacial score (nSPS) is 26.0. The Morgan fingerprint density at radius 3 is 2.59 bits per heavy atom. The van der Waals surface area contributed by atoms with Gasteiger partial charge in [-0.25, -0.2) is 0 Å². The molecule has 2 saturated heterocycles. The number of benzene rings is 1. The van der Waals surface area contributed by atoms with Crippen LogP contribution in [0.3, 0.4) is 0 Å². The highest BCUT2D eigenvalue weighted by Crippen LogP contribution is 2.26. The zero-order valence-corrected chi connectivity index (χ0v) is 14.4. The largest absolute Gasteiger partial charge is 0.348 e. The maximum atomic E-state index is 12.4. The summed E-state index contributed by atoms with van der Waals surface area (Å²) in [6, 6.07) is 4.12. The third kappa shape index (κ3) is 3.25. The first kappa shape index (κ1) is 16.1. The molecule has 1 aromatic rings. The average Bonchev–Trinajstić information content (AvgIpc) is 2.85. The number of fused-ring (bicyclic) bond motifs is 1. The fourth-order valence-electron chi connectivity index (χ4n) is 3.35. The van der Waals surface area contributed by atoms with Gasteiger partial charge in [0.05, 0.1) is 0 Å². The molecule has 2 aliphatic heterocycles. The van der Waals surface area contributed by atoms with Crippen LogP contribution < -0.4 is 5.32 Å². The van der Waals surface area contributed by atoms with Crippen molar-refractivity contribution in [2.45, 2.75) is 25.4 Å². The van der Waals surface area contributed by atoms with Crippen molar-refractivity contribution in [2.24, 2.45) is 0 Å². The lowest BCUT2D eigenvalue weighted by atomic mass is 10.1. The van der Waals surface area contributed by atoms with Crippen LogP contribution in [0.4, 0.5) is 0 Å². The molecule has 22 heavy (non-hydrogen) atoms. The molecule has 0 bridgehead atoms. The van der Waals surface area contributed by atoms with Gasteiger partial charge in [-0.2, -0.15) is 0 Å². The second-order valence-corrected chi connectivity index (χ2v) is 7.20. The van der Waals surface area contributed by atoms with E-state index >= 15 is 0 Å². The lowest BCUT2D eigenvalue weighted by Gasteiger charge is -2.34. The van der Waals surface area contributed by atoms with Crippen molar-refractivity contribution in [1.29, 1.82) is 0 Å². The van der Waals surface area contributed by atoms with Gasteiger partial charge in [-0.15, -0.1) is 0 Å². The number of hydrogen-bond acceptors (Lipinski definition) is 3. The molecule has 1 N–H and O–H groups in total. The molecule has 0 aliphatic carbocycles. The van der Waals surface area contributed by atoms with Gasteiger partial charge in [0, 0.05) is 53.9 Å². The van der Waals surface area contributed by atoms with Crippen LogP contribution in [0.25, 0.3) is 0 Å². The Hall–Kier alpha value is -0.810. The van der Waals surface area contributed by atoms with Crippen molar-refractivity contribution in [1.82, 2.24) is 15.1 Å². The number of hydrogen-bond donors (Lipinski definition) is 1. The molecule has 0 aromatic heterocycles. The third-order valence-corrected chi connectivity index (χ3v) is 5.48. The van der Waals surface area contributed by atoms with E-state index in [1.54, 1.807) is 12.1 Å². The highest BCUT2D eigenvalue weighted by atomic mass is 35.5. The Labute approximate surface area is 141 Å². The van der Waals surface area contributed by atoms with Crippen LogP contribution in [0.2, 0.25) is 10.0 Å². The SMILES string of the molecule is Cc1c(Cl)cc(C(=O)N[C@H]2C[C@H]3CN(C)CCN3C2)cc1Cl. The number of nitrogens with zero attached hydrogens (tertiary/aromatic N) is 2. The van der Waals surface area contributed by atoms with Gasteiger partial charge < -0.3 is 10.2 Å². The van der Waals surface area contributed by atoms with E-state index in [0.717, 1.165) is 38.2 Å². The number of amides is 1. The van der Waals surface area contributed by atoms with Crippen LogP contribution in [-0.4, -0.2) is 61.0 Å². The van der Waals surface area contributed by atoms with E-state index in [-0.39, 0.29) is 11.9 Å². The van der Waals surface area contributed by atoms with Crippen LogP contribution in [0.15, 0.2) is 12.1 Å². The summed E-state index contributed by atoms with van der Waals surface area (Å²) in [5, 5.41) is 4.19. The number of rotatable bonds is 2. The molecule has 0 radical (unpaired) electrons. The Morgan fingerprint density at radius 2 is 1.91 bits per heavy atom. The standard InChI is InChI=1S/C16H21Cl2N3O/c1-10-14(17)5-11(6-15(10)18)16(22)19-12-7-13-9-20(2)3-4-21(13)8-12/h5-6,12-13H,3-4,7-9H2,1-2H3,(H,19,22)/t12-,13-/m0/s1. The molecule has 4 nitrogen and oxygen atoms in total. The minimum Gasteiger partial charge on any atom is -0.348 e. The van der Waals surface area contributed by atoms with Gasteiger partial charge in [0.25, 0.3) is 5.91 Å². The van der Waals surface area contributed by atoms with E-state index in [1.807, 2.05) is 6.92 Å². The monoisotopic (exact) mass is 341 g/mol. The Kier molecular flexibility index (Phi) is 4.64. The van der Waals surface area contributed by atoms with Gasteiger partial charge in [-0.1, -0.05) is 23.2 Å². The molecule has 0 spiro atoms. The summed E-state index contributed by atoms with van der Waals surface area (Å²) in [5.74, 6) is -0.0954. The Bertz CT molecular complexity index is 570. The number of carbonyl (C=O) groups is 1. The topological polar surface area (TPSA) is 35.6 Å². The molecule has 2 fully saturated rings. The summed E-state index contributed by atoms with van der Waals surface area (Å²) in [4.78, 5) is 17.3. The van der Waals surface area contributed by atoms with Gasteiger partial charge in [0.1, 0.15) is 0 Å². The van der Waals surface area contributed by atoms with Gasteiger partial charge in [0.15, 0.2) is 0 Å². The molecular formula is C16H21Cl2N3O. The summed E-state index contributed by atoms with van der Waals surface area (Å²) < 4.78 is 0. The molecule has 120 valence electrons. The van der Waals surface area contributed by atoms with Gasteiger partial charge in [0.2, 0.25) is 0 Å². The fraction of sp³-hybridized carbons (Fsp3) is 0.562. The van der Waals surface area contributed by atoms with E-state index in [0.29, 0.717) is 21.7 Å². The minimum absolute atomic E-state index is 0.0954. The molecule has 2 aliphatic rings. The van der Waals surface area contributed by atoms with Crippen molar-refractivity contribution in [3.8, 4) is 0 Å². The molecule has 0 unspecified atom stereocenters. The van der Waals surface area contributed by atoms with Crippen molar-refractivity contribution >= 4 is 29.1 Å². The molecule has 2 atom stereocenters. The highest BCUT2D eigenvalue weighted by molar-refractivity contribution is 6.36. The van der Waals surface area contributed by atoms with Crippen LogP contribution in [0.1, 0.15) is 22.3 Å². The van der Waals surface area contributed by atoms with E-state index in [4.69, 9.17) is 23.2 Å². The zero-order valence-electron chi connectivity index (χ0n) is 12.9. The second-order valence-electron chi connectivity index (χ2n) is 6.38. The summed E-state index contributed by atoms with van der Waals surface area (Å²) >= 11 is 12.2. The lowest BCUT2D eigenvalue weighted by molar-refractivity contribution is 0.0936.